The Balaban J connectivity index is 1.76. The highest BCUT2D eigenvalue weighted by molar-refractivity contribution is 5.84. The van der Waals surface area contributed by atoms with Gasteiger partial charge in [0.05, 0.1) is 6.61 Å². The first-order valence-electron chi connectivity index (χ1n) is 7.78. The van der Waals surface area contributed by atoms with Crippen LogP contribution in [-0.2, 0) is 16.0 Å². The normalized spacial score (nSPS) is 16.1. The summed E-state index contributed by atoms with van der Waals surface area (Å²) in [5, 5.41) is 3.11. The zero-order chi connectivity index (χ0) is 18.0. The van der Waals surface area contributed by atoms with Crippen molar-refractivity contribution in [3.05, 3.63) is 48.0 Å². The molecule has 2 aromatic carbocycles. The zero-order valence-electron chi connectivity index (χ0n) is 13.4. The number of halogens is 3. The standard InChI is InChI=1S/C18H16F3NO3/c1-2-24-17(23)16-10-13-9-12(5-8-15(13)22-16)11-3-6-14(7-4-11)25-18(19,20)21/h3-9,16,22H,2,10H2,1H3. The fourth-order valence-electron chi connectivity index (χ4n) is 2.78. The molecule has 1 N–H and O–H groups in total. The number of nitrogens with one attached hydrogen (secondary N) is 1. The molecule has 0 saturated heterocycles. The number of carbonyl (C=O) groups is 1. The molecule has 1 unspecified atom stereocenters. The maximum absolute atomic E-state index is 12.2. The predicted octanol–water partition coefficient (Wildman–Crippen LogP) is 4.15. The molecule has 0 fully saturated rings. The quantitative estimate of drug-likeness (QED) is 0.841. The molecular formula is C18H16F3NO3. The number of anilines is 1. The van der Waals surface area contributed by atoms with E-state index in [2.05, 4.69) is 10.1 Å². The molecule has 0 aromatic heterocycles. The van der Waals surface area contributed by atoms with Crippen molar-refractivity contribution in [1.29, 1.82) is 0 Å². The Bertz CT molecular complexity index is 772. The summed E-state index contributed by atoms with van der Waals surface area (Å²) in [7, 11) is 0. The Labute approximate surface area is 142 Å². The van der Waals surface area contributed by atoms with Crippen molar-refractivity contribution >= 4 is 11.7 Å². The maximum Gasteiger partial charge on any atom is 0.573 e. The van der Waals surface area contributed by atoms with Crippen LogP contribution in [0.1, 0.15) is 12.5 Å². The van der Waals surface area contributed by atoms with Gasteiger partial charge in [0.15, 0.2) is 0 Å². The van der Waals surface area contributed by atoms with Crippen LogP contribution in [0.4, 0.5) is 18.9 Å². The van der Waals surface area contributed by atoms with Crippen LogP contribution < -0.4 is 10.1 Å². The molecule has 0 aliphatic carbocycles. The number of hydrogen-bond donors (Lipinski definition) is 1. The number of ether oxygens (including phenoxy) is 2. The molecule has 1 atom stereocenters. The van der Waals surface area contributed by atoms with Gasteiger partial charge in [0.2, 0.25) is 0 Å². The van der Waals surface area contributed by atoms with Gasteiger partial charge >= 0.3 is 12.3 Å². The first-order valence-corrected chi connectivity index (χ1v) is 7.78. The average Bonchev–Trinajstić information content (AvgIpc) is 2.97. The molecule has 1 heterocycles. The summed E-state index contributed by atoms with van der Waals surface area (Å²) >= 11 is 0. The smallest absolute Gasteiger partial charge is 0.464 e. The van der Waals surface area contributed by atoms with Crippen LogP contribution in [0.2, 0.25) is 0 Å². The Kier molecular flexibility index (Phi) is 4.57. The average molecular weight is 351 g/mol. The lowest BCUT2D eigenvalue weighted by molar-refractivity contribution is -0.274. The minimum atomic E-state index is -4.71. The third-order valence-electron chi connectivity index (χ3n) is 3.85. The first kappa shape index (κ1) is 17.1. The summed E-state index contributed by atoms with van der Waals surface area (Å²) in [6.07, 6.45) is -4.19. The van der Waals surface area contributed by atoms with Gasteiger partial charge in [-0.1, -0.05) is 18.2 Å². The predicted molar refractivity (Wildman–Crippen MR) is 86.3 cm³/mol. The molecule has 0 amide bonds. The highest BCUT2D eigenvalue weighted by atomic mass is 19.4. The van der Waals surface area contributed by atoms with Crippen molar-refractivity contribution in [2.45, 2.75) is 25.7 Å². The number of carbonyl (C=O) groups excluding carboxylic acids is 1. The lowest BCUT2D eigenvalue weighted by Crippen LogP contribution is -2.28. The minimum absolute atomic E-state index is 0.263. The third-order valence-corrected chi connectivity index (χ3v) is 3.85. The Hall–Kier alpha value is -2.70. The maximum atomic E-state index is 12.2. The van der Waals surface area contributed by atoms with Crippen molar-refractivity contribution in [3.63, 3.8) is 0 Å². The summed E-state index contributed by atoms with van der Waals surface area (Å²) in [4.78, 5) is 11.8. The van der Waals surface area contributed by atoms with E-state index >= 15 is 0 Å². The van der Waals surface area contributed by atoms with Crippen molar-refractivity contribution in [2.75, 3.05) is 11.9 Å². The summed E-state index contributed by atoms with van der Waals surface area (Å²) in [6.45, 7) is 2.08. The van der Waals surface area contributed by atoms with Crippen LogP contribution in [0, 0.1) is 0 Å². The SMILES string of the molecule is CCOC(=O)C1Cc2cc(-c3ccc(OC(F)(F)F)cc3)ccc2N1. The fraction of sp³-hybridized carbons (Fsp3) is 0.278. The van der Waals surface area contributed by atoms with Gasteiger partial charge in [-0.3, -0.25) is 0 Å². The molecule has 3 rings (SSSR count). The molecule has 7 heteroatoms. The molecule has 1 aliphatic rings. The lowest BCUT2D eigenvalue weighted by Gasteiger charge is -2.10. The third kappa shape index (κ3) is 4.04. The van der Waals surface area contributed by atoms with E-state index < -0.39 is 12.4 Å². The van der Waals surface area contributed by atoms with E-state index in [1.807, 2.05) is 18.2 Å². The van der Waals surface area contributed by atoms with Crippen molar-refractivity contribution in [3.8, 4) is 16.9 Å². The monoisotopic (exact) mass is 351 g/mol. The van der Waals surface area contributed by atoms with Crippen molar-refractivity contribution < 1.29 is 27.4 Å². The van der Waals surface area contributed by atoms with Gasteiger partial charge in [-0.05, 0) is 47.9 Å². The Morgan fingerprint density at radius 2 is 1.84 bits per heavy atom. The van der Waals surface area contributed by atoms with Gasteiger partial charge in [0.1, 0.15) is 11.8 Å². The highest BCUT2D eigenvalue weighted by Crippen LogP contribution is 2.32. The van der Waals surface area contributed by atoms with Gasteiger partial charge in [-0.15, -0.1) is 13.2 Å². The van der Waals surface area contributed by atoms with Gasteiger partial charge < -0.3 is 14.8 Å². The largest absolute Gasteiger partial charge is 0.573 e. The lowest BCUT2D eigenvalue weighted by atomic mass is 10.0. The van der Waals surface area contributed by atoms with Crippen LogP contribution in [0.3, 0.4) is 0 Å². The van der Waals surface area contributed by atoms with E-state index in [-0.39, 0.29) is 11.7 Å². The van der Waals surface area contributed by atoms with Crippen LogP contribution in [0.25, 0.3) is 11.1 Å². The van der Waals surface area contributed by atoms with Gasteiger partial charge in [0.25, 0.3) is 0 Å². The molecule has 2 aromatic rings. The van der Waals surface area contributed by atoms with E-state index in [1.165, 1.54) is 12.1 Å². The first-order chi connectivity index (χ1) is 11.9. The summed E-state index contributed by atoms with van der Waals surface area (Å²) in [6, 6.07) is 10.9. The van der Waals surface area contributed by atoms with Crippen molar-refractivity contribution in [1.82, 2.24) is 0 Å². The molecule has 25 heavy (non-hydrogen) atoms. The van der Waals surface area contributed by atoms with E-state index in [1.54, 1.807) is 19.1 Å². The van der Waals surface area contributed by atoms with Crippen LogP contribution in [0.5, 0.6) is 5.75 Å². The number of alkyl halides is 3. The summed E-state index contributed by atoms with van der Waals surface area (Å²) in [5.41, 5.74) is 3.44. The summed E-state index contributed by atoms with van der Waals surface area (Å²) < 4.78 is 45.5. The zero-order valence-corrected chi connectivity index (χ0v) is 13.4. The van der Waals surface area contributed by atoms with Crippen LogP contribution in [0.15, 0.2) is 42.5 Å². The fourth-order valence-corrected chi connectivity index (χ4v) is 2.78. The molecule has 0 bridgehead atoms. The number of hydrogen-bond acceptors (Lipinski definition) is 4. The van der Waals surface area contributed by atoms with Gasteiger partial charge in [0, 0.05) is 12.1 Å². The van der Waals surface area contributed by atoms with E-state index in [4.69, 9.17) is 4.74 Å². The Morgan fingerprint density at radius 3 is 2.48 bits per heavy atom. The van der Waals surface area contributed by atoms with Gasteiger partial charge in [-0.2, -0.15) is 0 Å². The Morgan fingerprint density at radius 1 is 1.16 bits per heavy atom. The summed E-state index contributed by atoms with van der Waals surface area (Å²) in [5.74, 6) is -0.560. The molecule has 0 spiro atoms. The van der Waals surface area contributed by atoms with E-state index in [0.717, 1.165) is 22.4 Å². The second-order valence-electron chi connectivity index (χ2n) is 5.60. The molecular weight excluding hydrogens is 335 g/mol. The number of benzene rings is 2. The second-order valence-corrected chi connectivity index (χ2v) is 5.60. The van der Waals surface area contributed by atoms with Crippen LogP contribution >= 0.6 is 0 Å². The number of esters is 1. The molecule has 0 radical (unpaired) electrons. The second kappa shape index (κ2) is 6.66. The van der Waals surface area contributed by atoms with Crippen molar-refractivity contribution in [2.24, 2.45) is 0 Å². The number of rotatable bonds is 4. The topological polar surface area (TPSA) is 47.6 Å². The van der Waals surface area contributed by atoms with Gasteiger partial charge in [-0.25, -0.2) is 4.79 Å². The van der Waals surface area contributed by atoms with E-state index in [9.17, 15) is 18.0 Å². The van der Waals surface area contributed by atoms with E-state index in [0.29, 0.717) is 13.0 Å². The minimum Gasteiger partial charge on any atom is -0.464 e. The highest BCUT2D eigenvalue weighted by Gasteiger charge is 2.31. The van der Waals surface area contributed by atoms with Crippen LogP contribution in [-0.4, -0.2) is 25.0 Å². The molecule has 0 saturated carbocycles. The number of fused-ring (bicyclic) bond motifs is 1. The molecule has 1 aliphatic heterocycles. The molecule has 132 valence electrons. The molecule has 4 nitrogen and oxygen atoms in total.